The van der Waals surface area contributed by atoms with Crippen molar-refractivity contribution in [3.8, 4) is 20.9 Å². The van der Waals surface area contributed by atoms with Crippen LogP contribution in [-0.2, 0) is 21.7 Å². The maximum Gasteiger partial charge on any atom is 0.380 e. The molecule has 2 heterocycles. The summed E-state index contributed by atoms with van der Waals surface area (Å²) in [4.78, 5) is 1.79. The van der Waals surface area contributed by atoms with Gasteiger partial charge >= 0.3 is 17.8 Å². The summed E-state index contributed by atoms with van der Waals surface area (Å²) < 4.78 is 100. The van der Waals surface area contributed by atoms with E-state index in [1.165, 1.54) is 34.8 Å². The fourth-order valence-electron chi connectivity index (χ4n) is 9.37. The lowest BCUT2D eigenvalue weighted by Crippen LogP contribution is -2.49. The van der Waals surface area contributed by atoms with E-state index in [-0.39, 0.29) is 32.8 Å². The Morgan fingerprint density at radius 2 is 0.871 bits per heavy atom. The van der Waals surface area contributed by atoms with Crippen LogP contribution in [0.15, 0.2) is 109 Å². The topological polar surface area (TPSA) is 0 Å². The molecule has 3 aliphatic carbocycles. The first-order chi connectivity index (χ1) is 28.5. The molecule has 0 nitrogen and oxygen atoms in total. The number of fused-ring (bicyclic) bond motifs is 4. The number of rotatable bonds is 4. The van der Waals surface area contributed by atoms with Crippen LogP contribution in [0.25, 0.3) is 32.0 Å². The van der Waals surface area contributed by atoms with Gasteiger partial charge in [0.15, 0.2) is 0 Å². The standard InChI is InChI=1S/C54H56F6S2/c1-47(2,3)33-17-13-31(14-18-33)41-29-39-43-44(53(57,58)54(59,60)52(43,55)56)40-30-42(32-15-19-34(20-16-32)48(4,5)6)62-46(40)51(45(39)61-41,37-25-21-35(22-26-37)49(7,8)9)38-27-23-36(24-28-38)50(10,11)12/h13-27,29-30,38H,28H2,1-12H3. The molecule has 326 valence electrons. The van der Waals surface area contributed by atoms with Gasteiger partial charge in [0.05, 0.1) is 5.41 Å². The molecule has 0 saturated carbocycles. The maximum atomic E-state index is 16.9. The maximum absolute atomic E-state index is 16.9. The van der Waals surface area contributed by atoms with Gasteiger partial charge in [-0.15, -0.1) is 22.7 Å². The molecule has 3 aromatic carbocycles. The molecule has 0 fully saturated rings. The minimum absolute atomic E-state index is 0.171. The molecule has 0 saturated heterocycles. The van der Waals surface area contributed by atoms with Crippen LogP contribution in [0.2, 0.25) is 0 Å². The number of alkyl halides is 6. The van der Waals surface area contributed by atoms with Gasteiger partial charge in [-0.2, -0.15) is 26.3 Å². The fraction of sp³-hybridized carbons (Fsp3) is 0.407. The Morgan fingerprint density at radius 1 is 0.500 bits per heavy atom. The summed E-state index contributed by atoms with van der Waals surface area (Å²) in [5.41, 5.74) is 1.14. The van der Waals surface area contributed by atoms with Gasteiger partial charge in [0.2, 0.25) is 0 Å². The van der Waals surface area contributed by atoms with Gasteiger partial charge < -0.3 is 0 Å². The molecule has 0 radical (unpaired) electrons. The van der Waals surface area contributed by atoms with Gasteiger partial charge in [-0.1, -0.05) is 174 Å². The highest BCUT2D eigenvalue weighted by Crippen LogP contribution is 2.71. The minimum Gasteiger partial charge on any atom is -0.194 e. The van der Waals surface area contributed by atoms with Gasteiger partial charge in [0, 0.05) is 47.7 Å². The quantitative estimate of drug-likeness (QED) is 0.158. The second-order valence-electron chi connectivity index (χ2n) is 21.6. The number of hydrogen-bond donors (Lipinski definition) is 0. The number of hydrogen-bond acceptors (Lipinski definition) is 2. The van der Waals surface area contributed by atoms with Crippen molar-refractivity contribution in [1.29, 1.82) is 0 Å². The van der Waals surface area contributed by atoms with Crippen LogP contribution >= 0.6 is 22.7 Å². The molecule has 2 aromatic heterocycles. The van der Waals surface area contributed by atoms with Gasteiger partial charge in [-0.3, -0.25) is 0 Å². The summed E-state index contributed by atoms with van der Waals surface area (Å²) in [5.74, 6) is -16.6. The predicted octanol–water partition coefficient (Wildman–Crippen LogP) is 17.1. The first-order valence-corrected chi connectivity index (χ1v) is 23.1. The van der Waals surface area contributed by atoms with E-state index in [2.05, 4.69) is 101 Å². The number of allylic oxidation sites excluding steroid dienone is 6. The zero-order valence-corrected chi connectivity index (χ0v) is 39.3. The van der Waals surface area contributed by atoms with Crippen molar-refractivity contribution in [1.82, 2.24) is 0 Å². The van der Waals surface area contributed by atoms with Gasteiger partial charge in [0.1, 0.15) is 0 Å². The van der Waals surface area contributed by atoms with E-state index in [0.717, 1.165) is 27.8 Å². The minimum atomic E-state index is -5.68. The second kappa shape index (κ2) is 14.2. The van der Waals surface area contributed by atoms with Gasteiger partial charge in [0.25, 0.3) is 0 Å². The third-order valence-electron chi connectivity index (χ3n) is 13.2. The Labute approximate surface area is 371 Å². The highest BCUT2D eigenvalue weighted by molar-refractivity contribution is 7.18. The van der Waals surface area contributed by atoms with Crippen LogP contribution in [0.1, 0.15) is 133 Å². The molecule has 0 amide bonds. The van der Waals surface area contributed by atoms with E-state index < -0.39 is 40.2 Å². The highest BCUT2D eigenvalue weighted by atomic mass is 32.1. The van der Waals surface area contributed by atoms with E-state index >= 15 is 26.3 Å². The van der Waals surface area contributed by atoms with Gasteiger partial charge in [-0.05, 0) is 79.2 Å². The monoisotopic (exact) mass is 882 g/mol. The second-order valence-corrected chi connectivity index (χ2v) is 23.7. The SMILES string of the molecule is CC(C)(C)C1=CCC(C2(c3ccc(C(C)(C)C)cc3)c3sc(-c4ccc(C(C)(C)C)cc4)cc3C3=C(c4cc(-c5ccc(C(C)(C)C)cc5)sc42)C(F)(F)C(F)(F)C3(F)F)C=C1. The third kappa shape index (κ3) is 6.75. The van der Waals surface area contributed by atoms with E-state index in [9.17, 15) is 0 Å². The van der Waals surface area contributed by atoms with Crippen LogP contribution in [-0.4, -0.2) is 17.8 Å². The van der Waals surface area contributed by atoms with E-state index in [1.807, 2.05) is 72.8 Å². The first kappa shape index (κ1) is 44.5. The Morgan fingerprint density at radius 3 is 1.19 bits per heavy atom. The van der Waals surface area contributed by atoms with Crippen LogP contribution in [0.5, 0.6) is 0 Å². The Kier molecular flexibility index (Phi) is 10.2. The molecule has 3 aliphatic rings. The fourth-order valence-corrected chi connectivity index (χ4v) is 12.3. The normalized spacial score (nSPS) is 20.4. The molecule has 62 heavy (non-hydrogen) atoms. The van der Waals surface area contributed by atoms with Crippen molar-refractivity contribution in [2.24, 2.45) is 11.3 Å². The van der Waals surface area contributed by atoms with Crippen molar-refractivity contribution >= 4 is 33.8 Å². The van der Waals surface area contributed by atoms with E-state index in [1.54, 1.807) is 0 Å². The molecule has 0 aliphatic heterocycles. The van der Waals surface area contributed by atoms with Crippen LogP contribution in [0, 0.1) is 11.3 Å². The van der Waals surface area contributed by atoms with Crippen LogP contribution < -0.4 is 0 Å². The number of thiophene rings is 2. The summed E-state index contributed by atoms with van der Waals surface area (Å²) in [5, 5.41) is 0. The average Bonchev–Trinajstić information content (AvgIpc) is 3.82. The van der Waals surface area contributed by atoms with Crippen LogP contribution in [0.4, 0.5) is 26.3 Å². The van der Waals surface area contributed by atoms with E-state index in [4.69, 9.17) is 0 Å². The number of halogens is 6. The zero-order chi connectivity index (χ0) is 45.4. The summed E-state index contributed by atoms with van der Waals surface area (Å²) >= 11 is 2.49. The smallest absolute Gasteiger partial charge is 0.194 e. The largest absolute Gasteiger partial charge is 0.380 e. The van der Waals surface area contributed by atoms with Crippen molar-refractivity contribution in [3.63, 3.8) is 0 Å². The molecule has 1 atom stereocenters. The molecule has 0 N–H and O–H groups in total. The lowest BCUT2D eigenvalue weighted by atomic mass is 9.63. The van der Waals surface area contributed by atoms with Crippen molar-refractivity contribution in [3.05, 3.63) is 152 Å². The summed E-state index contributed by atoms with van der Waals surface area (Å²) in [6.07, 6.45) is 6.79. The molecule has 0 spiro atoms. The Hall–Kier alpha value is -4.14. The van der Waals surface area contributed by atoms with Gasteiger partial charge in [-0.25, -0.2) is 0 Å². The average molecular weight is 883 g/mol. The third-order valence-corrected chi connectivity index (χ3v) is 15.8. The predicted molar refractivity (Wildman–Crippen MR) is 248 cm³/mol. The molecule has 0 bridgehead atoms. The lowest BCUT2D eigenvalue weighted by Gasteiger charge is -2.42. The highest BCUT2D eigenvalue weighted by Gasteiger charge is 2.81. The number of benzene rings is 3. The molecular weight excluding hydrogens is 827 g/mol. The Bertz CT molecular complexity index is 2510. The summed E-state index contributed by atoms with van der Waals surface area (Å²) in [6, 6.07) is 26.6. The van der Waals surface area contributed by atoms with Crippen molar-refractivity contribution in [2.75, 3.05) is 0 Å². The van der Waals surface area contributed by atoms with Crippen LogP contribution in [0.3, 0.4) is 0 Å². The molecule has 8 heteroatoms. The molecule has 8 rings (SSSR count). The zero-order valence-electron chi connectivity index (χ0n) is 37.7. The summed E-state index contributed by atoms with van der Waals surface area (Å²) in [7, 11) is 0. The van der Waals surface area contributed by atoms with E-state index in [0.29, 0.717) is 37.1 Å². The van der Waals surface area contributed by atoms with Crippen molar-refractivity contribution in [2.45, 2.75) is 129 Å². The molecule has 5 aromatic rings. The van der Waals surface area contributed by atoms with Crippen molar-refractivity contribution < 1.29 is 26.3 Å². The molecular formula is C54H56F6S2. The lowest BCUT2D eigenvalue weighted by molar-refractivity contribution is -0.254. The summed E-state index contributed by atoms with van der Waals surface area (Å²) in [6.45, 7) is 25.2. The molecule has 1 unspecified atom stereocenters. The first-order valence-electron chi connectivity index (χ1n) is 21.4. The Balaban J connectivity index is 1.53.